The van der Waals surface area contributed by atoms with Crippen LogP contribution in [0.5, 0.6) is 0 Å². The minimum absolute atomic E-state index is 0.00596. The molecule has 0 radical (unpaired) electrons. The summed E-state index contributed by atoms with van der Waals surface area (Å²) in [5.41, 5.74) is 0. The molecule has 0 aromatic carbocycles. The molecule has 2 unspecified atom stereocenters. The number of hydrogen-bond acceptors (Lipinski definition) is 3. The van der Waals surface area contributed by atoms with Crippen molar-refractivity contribution in [2.24, 2.45) is 5.92 Å². The number of carboxylic acid groups (broad SMARTS) is 1. The van der Waals surface area contributed by atoms with Crippen LogP contribution in [0.2, 0.25) is 0 Å². The maximum absolute atomic E-state index is 12.0. The SMILES string of the molecule is CCCC(=O)N1CCCC1C(=O)NCC(C)C(=O)O. The molecule has 0 aromatic heterocycles. The average molecular weight is 270 g/mol. The molecule has 0 aromatic rings. The molecule has 2 amide bonds. The lowest BCUT2D eigenvalue weighted by Gasteiger charge is -2.24. The summed E-state index contributed by atoms with van der Waals surface area (Å²) >= 11 is 0. The Hall–Kier alpha value is -1.59. The molecular weight excluding hydrogens is 248 g/mol. The Kier molecular flexibility index (Phi) is 5.79. The monoisotopic (exact) mass is 270 g/mol. The summed E-state index contributed by atoms with van der Waals surface area (Å²) in [6.07, 6.45) is 2.69. The van der Waals surface area contributed by atoms with Gasteiger partial charge < -0.3 is 15.3 Å². The largest absolute Gasteiger partial charge is 0.481 e. The van der Waals surface area contributed by atoms with Crippen molar-refractivity contribution in [3.05, 3.63) is 0 Å². The van der Waals surface area contributed by atoms with Crippen LogP contribution in [-0.4, -0.2) is 46.9 Å². The van der Waals surface area contributed by atoms with Crippen LogP contribution in [0.1, 0.15) is 39.5 Å². The molecule has 1 aliphatic rings. The zero-order chi connectivity index (χ0) is 14.4. The average Bonchev–Trinajstić information content (AvgIpc) is 2.84. The standard InChI is InChI=1S/C13H22N2O4/c1-3-5-11(16)15-7-4-6-10(15)12(17)14-8-9(2)13(18)19/h9-10H,3-8H2,1-2H3,(H,14,17)(H,18,19). The van der Waals surface area contributed by atoms with Gasteiger partial charge in [-0.05, 0) is 19.3 Å². The Morgan fingerprint density at radius 1 is 1.42 bits per heavy atom. The van der Waals surface area contributed by atoms with Crippen molar-refractivity contribution in [1.29, 1.82) is 0 Å². The van der Waals surface area contributed by atoms with Gasteiger partial charge in [0.15, 0.2) is 0 Å². The molecule has 0 bridgehead atoms. The Bertz CT molecular complexity index is 357. The number of rotatable bonds is 6. The third-order valence-corrected chi connectivity index (χ3v) is 3.34. The number of likely N-dealkylation sites (tertiary alicyclic amines) is 1. The zero-order valence-corrected chi connectivity index (χ0v) is 11.5. The second kappa shape index (κ2) is 7.11. The zero-order valence-electron chi connectivity index (χ0n) is 11.5. The van der Waals surface area contributed by atoms with E-state index in [0.717, 1.165) is 12.8 Å². The Morgan fingerprint density at radius 2 is 2.11 bits per heavy atom. The fraction of sp³-hybridized carbons (Fsp3) is 0.769. The summed E-state index contributed by atoms with van der Waals surface area (Å²) in [7, 11) is 0. The molecule has 1 aliphatic heterocycles. The highest BCUT2D eigenvalue weighted by Crippen LogP contribution is 2.18. The van der Waals surface area contributed by atoms with Crippen molar-refractivity contribution >= 4 is 17.8 Å². The van der Waals surface area contributed by atoms with Crippen LogP contribution in [0.25, 0.3) is 0 Å². The molecule has 1 rings (SSSR count). The van der Waals surface area contributed by atoms with Crippen LogP contribution in [0.3, 0.4) is 0 Å². The first-order chi connectivity index (χ1) is 8.97. The van der Waals surface area contributed by atoms with E-state index < -0.39 is 17.9 Å². The summed E-state index contributed by atoms with van der Waals surface area (Å²) in [6.45, 7) is 4.18. The number of hydrogen-bond donors (Lipinski definition) is 2. The first-order valence-electron chi connectivity index (χ1n) is 6.77. The van der Waals surface area contributed by atoms with Crippen LogP contribution in [0, 0.1) is 5.92 Å². The number of nitrogens with zero attached hydrogens (tertiary/aromatic N) is 1. The van der Waals surface area contributed by atoms with E-state index in [-0.39, 0.29) is 18.4 Å². The van der Waals surface area contributed by atoms with Crippen molar-refractivity contribution < 1.29 is 19.5 Å². The molecule has 0 aliphatic carbocycles. The highest BCUT2D eigenvalue weighted by Gasteiger charge is 2.33. The smallest absolute Gasteiger partial charge is 0.308 e. The first-order valence-corrected chi connectivity index (χ1v) is 6.77. The summed E-state index contributed by atoms with van der Waals surface area (Å²) in [5, 5.41) is 11.4. The maximum atomic E-state index is 12.0. The molecule has 19 heavy (non-hydrogen) atoms. The van der Waals surface area contributed by atoms with Gasteiger partial charge >= 0.3 is 5.97 Å². The lowest BCUT2D eigenvalue weighted by Crippen LogP contribution is -2.47. The maximum Gasteiger partial charge on any atom is 0.308 e. The van der Waals surface area contributed by atoms with Crippen LogP contribution in [-0.2, 0) is 14.4 Å². The van der Waals surface area contributed by atoms with E-state index in [4.69, 9.17) is 5.11 Å². The number of carboxylic acids is 1. The molecule has 1 saturated heterocycles. The summed E-state index contributed by atoms with van der Waals surface area (Å²) in [5.74, 6) is -1.79. The minimum atomic E-state index is -0.939. The van der Waals surface area contributed by atoms with Crippen LogP contribution in [0.4, 0.5) is 0 Å². The van der Waals surface area contributed by atoms with E-state index in [9.17, 15) is 14.4 Å². The summed E-state index contributed by atoms with van der Waals surface area (Å²) in [4.78, 5) is 36.1. The lowest BCUT2D eigenvalue weighted by molar-refractivity contribution is -0.142. The van der Waals surface area contributed by atoms with Gasteiger partial charge in [0.2, 0.25) is 11.8 Å². The van der Waals surface area contributed by atoms with Crippen molar-refractivity contribution in [2.45, 2.75) is 45.6 Å². The topological polar surface area (TPSA) is 86.7 Å². The molecular formula is C13H22N2O4. The van der Waals surface area contributed by atoms with E-state index in [2.05, 4.69) is 5.32 Å². The van der Waals surface area contributed by atoms with Crippen molar-refractivity contribution in [1.82, 2.24) is 10.2 Å². The minimum Gasteiger partial charge on any atom is -0.481 e. The van der Waals surface area contributed by atoms with Crippen molar-refractivity contribution in [3.8, 4) is 0 Å². The van der Waals surface area contributed by atoms with E-state index in [1.807, 2.05) is 6.92 Å². The van der Waals surface area contributed by atoms with Gasteiger partial charge in [0.05, 0.1) is 5.92 Å². The fourth-order valence-corrected chi connectivity index (χ4v) is 2.15. The van der Waals surface area contributed by atoms with Gasteiger partial charge in [-0.3, -0.25) is 14.4 Å². The van der Waals surface area contributed by atoms with Crippen LogP contribution < -0.4 is 5.32 Å². The number of aliphatic carboxylic acids is 1. The predicted molar refractivity (Wildman–Crippen MR) is 69.5 cm³/mol. The second-order valence-electron chi connectivity index (χ2n) is 4.98. The van der Waals surface area contributed by atoms with Gasteiger partial charge in [-0.15, -0.1) is 0 Å². The van der Waals surface area contributed by atoms with Gasteiger partial charge in [-0.25, -0.2) is 0 Å². The molecule has 0 spiro atoms. The lowest BCUT2D eigenvalue weighted by atomic mass is 10.1. The van der Waals surface area contributed by atoms with E-state index in [0.29, 0.717) is 19.4 Å². The van der Waals surface area contributed by atoms with Gasteiger partial charge in [0.1, 0.15) is 6.04 Å². The first kappa shape index (κ1) is 15.5. The van der Waals surface area contributed by atoms with E-state index in [1.165, 1.54) is 6.92 Å². The van der Waals surface area contributed by atoms with Crippen molar-refractivity contribution in [3.63, 3.8) is 0 Å². The fourth-order valence-electron chi connectivity index (χ4n) is 2.15. The molecule has 2 N–H and O–H groups in total. The van der Waals surface area contributed by atoms with E-state index >= 15 is 0 Å². The highest BCUT2D eigenvalue weighted by atomic mass is 16.4. The number of amides is 2. The third kappa shape index (κ3) is 4.22. The molecule has 0 saturated carbocycles. The number of carbonyl (C=O) groups excluding carboxylic acids is 2. The molecule has 1 fully saturated rings. The van der Waals surface area contributed by atoms with Crippen LogP contribution in [0.15, 0.2) is 0 Å². The van der Waals surface area contributed by atoms with Gasteiger partial charge in [0.25, 0.3) is 0 Å². The quantitative estimate of drug-likeness (QED) is 0.740. The molecule has 2 atom stereocenters. The van der Waals surface area contributed by atoms with Gasteiger partial charge in [-0.1, -0.05) is 13.8 Å². The van der Waals surface area contributed by atoms with Crippen molar-refractivity contribution in [2.75, 3.05) is 13.1 Å². The van der Waals surface area contributed by atoms with E-state index in [1.54, 1.807) is 4.90 Å². The molecule has 6 heteroatoms. The molecule has 1 heterocycles. The number of nitrogens with one attached hydrogen (secondary N) is 1. The second-order valence-corrected chi connectivity index (χ2v) is 4.98. The van der Waals surface area contributed by atoms with Gasteiger partial charge in [-0.2, -0.15) is 0 Å². The van der Waals surface area contributed by atoms with Gasteiger partial charge in [0, 0.05) is 19.5 Å². The Labute approximate surface area is 113 Å². The Morgan fingerprint density at radius 3 is 2.68 bits per heavy atom. The predicted octanol–water partition coefficient (Wildman–Crippen LogP) is 0.614. The highest BCUT2D eigenvalue weighted by molar-refractivity contribution is 5.88. The van der Waals surface area contributed by atoms with Crippen LogP contribution >= 0.6 is 0 Å². The summed E-state index contributed by atoms with van der Waals surface area (Å²) < 4.78 is 0. The molecule has 108 valence electrons. The normalized spacial score (nSPS) is 20.1. The Balaban J connectivity index is 2.51. The third-order valence-electron chi connectivity index (χ3n) is 3.34. The summed E-state index contributed by atoms with van der Waals surface area (Å²) in [6, 6.07) is -0.431. The number of carbonyl (C=O) groups is 3. The molecule has 6 nitrogen and oxygen atoms in total.